The maximum absolute atomic E-state index is 13.0. The van der Waals surface area contributed by atoms with Gasteiger partial charge >= 0.3 is 5.97 Å². The monoisotopic (exact) mass is 426 g/mol. The van der Waals surface area contributed by atoms with Crippen molar-refractivity contribution in [2.45, 2.75) is 32.2 Å². The van der Waals surface area contributed by atoms with E-state index in [0.717, 1.165) is 0 Å². The zero-order valence-electron chi connectivity index (χ0n) is 17.3. The number of methoxy groups -OCH3 is 3. The van der Waals surface area contributed by atoms with Gasteiger partial charge in [0.2, 0.25) is 15.8 Å². The van der Waals surface area contributed by atoms with Gasteiger partial charge in [0.25, 0.3) is 0 Å². The second kappa shape index (κ2) is 9.19. The molecule has 2 N–H and O–H groups in total. The molecule has 1 aromatic carbocycles. The third-order valence-corrected chi connectivity index (χ3v) is 5.83. The minimum atomic E-state index is -4.01. The fourth-order valence-corrected chi connectivity index (χ4v) is 4.49. The summed E-state index contributed by atoms with van der Waals surface area (Å²) in [4.78, 5) is 15.0. The van der Waals surface area contributed by atoms with E-state index in [1.54, 1.807) is 32.9 Å². The van der Waals surface area contributed by atoms with Gasteiger partial charge < -0.3 is 23.9 Å². The van der Waals surface area contributed by atoms with E-state index in [0.29, 0.717) is 34.2 Å². The van der Waals surface area contributed by atoms with Crippen molar-refractivity contribution in [1.82, 2.24) is 9.71 Å². The number of hydrogen-bond acceptors (Lipinski definition) is 7. The molecule has 160 valence electrons. The summed E-state index contributed by atoms with van der Waals surface area (Å²) in [5.74, 6) is 0.523. The molecule has 10 heteroatoms. The van der Waals surface area contributed by atoms with Crippen LogP contribution >= 0.6 is 0 Å². The van der Waals surface area contributed by atoms with Gasteiger partial charge in [0, 0.05) is 17.9 Å². The minimum Gasteiger partial charge on any atom is -0.493 e. The van der Waals surface area contributed by atoms with Crippen molar-refractivity contribution < 1.29 is 32.2 Å². The summed E-state index contributed by atoms with van der Waals surface area (Å²) in [5, 5.41) is 0. The van der Waals surface area contributed by atoms with Gasteiger partial charge in [-0.15, -0.1) is 0 Å². The van der Waals surface area contributed by atoms with Gasteiger partial charge in [-0.2, -0.15) is 0 Å². The molecule has 0 radical (unpaired) electrons. The molecule has 1 aromatic heterocycles. The Kier molecular flexibility index (Phi) is 7.15. The SMILES string of the molecule is CCOC(=O)c1c(C)[nH]c(C)c1S(=O)(=O)NCc1cc(OC)c(OC)c(OC)c1. The highest BCUT2D eigenvalue weighted by atomic mass is 32.2. The zero-order valence-corrected chi connectivity index (χ0v) is 18.2. The molecule has 0 unspecified atom stereocenters. The van der Waals surface area contributed by atoms with Crippen LogP contribution in [-0.2, 0) is 21.3 Å². The molecule has 0 atom stereocenters. The normalized spacial score (nSPS) is 11.2. The summed E-state index contributed by atoms with van der Waals surface area (Å²) in [7, 11) is 0.421. The lowest BCUT2D eigenvalue weighted by atomic mass is 10.2. The molecular weight excluding hydrogens is 400 g/mol. The average molecular weight is 426 g/mol. The van der Waals surface area contributed by atoms with Gasteiger partial charge in [-0.05, 0) is 38.5 Å². The van der Waals surface area contributed by atoms with Crippen molar-refractivity contribution in [3.63, 3.8) is 0 Å². The largest absolute Gasteiger partial charge is 0.493 e. The molecule has 0 aliphatic rings. The molecule has 0 bridgehead atoms. The van der Waals surface area contributed by atoms with E-state index < -0.39 is 16.0 Å². The molecule has 0 aliphatic heterocycles. The standard InChI is InChI=1S/C19H26N2O7S/c1-7-28-19(22)16-11(2)21-12(3)18(16)29(23,24)20-10-13-8-14(25-4)17(27-6)15(9-13)26-5/h8-9,20-21H,7,10H2,1-6H3. The summed E-state index contributed by atoms with van der Waals surface area (Å²) in [6.07, 6.45) is 0. The van der Waals surface area contributed by atoms with Crippen molar-refractivity contribution in [2.24, 2.45) is 0 Å². The molecule has 2 rings (SSSR count). The van der Waals surface area contributed by atoms with Crippen molar-refractivity contribution in [2.75, 3.05) is 27.9 Å². The third-order valence-electron chi connectivity index (χ3n) is 4.26. The topological polar surface area (TPSA) is 116 Å². The molecule has 29 heavy (non-hydrogen) atoms. The minimum absolute atomic E-state index is 0.00161. The first-order chi connectivity index (χ1) is 13.7. The van der Waals surface area contributed by atoms with Crippen LogP contribution in [0.15, 0.2) is 17.0 Å². The lowest BCUT2D eigenvalue weighted by molar-refractivity contribution is 0.0521. The number of nitrogens with one attached hydrogen (secondary N) is 2. The van der Waals surface area contributed by atoms with Crippen LogP contribution in [0.5, 0.6) is 17.2 Å². The second-order valence-electron chi connectivity index (χ2n) is 6.16. The number of rotatable bonds is 9. The van der Waals surface area contributed by atoms with Gasteiger partial charge in [0.15, 0.2) is 11.5 Å². The highest BCUT2D eigenvalue weighted by Gasteiger charge is 2.29. The van der Waals surface area contributed by atoms with Crippen molar-refractivity contribution >= 4 is 16.0 Å². The van der Waals surface area contributed by atoms with Crippen LogP contribution in [0, 0.1) is 13.8 Å². The number of carbonyl (C=O) groups is 1. The third kappa shape index (κ3) is 4.65. The number of carbonyl (C=O) groups excluding carboxylic acids is 1. The van der Waals surface area contributed by atoms with Crippen molar-refractivity contribution in [1.29, 1.82) is 0 Å². The molecule has 0 amide bonds. The molecule has 2 aromatic rings. The molecule has 0 spiro atoms. The summed E-state index contributed by atoms with van der Waals surface area (Å²) in [6, 6.07) is 3.29. The van der Waals surface area contributed by atoms with E-state index in [1.165, 1.54) is 21.3 Å². The number of esters is 1. The Labute approximate surface area is 170 Å². The van der Waals surface area contributed by atoms with Gasteiger partial charge in [-0.25, -0.2) is 17.9 Å². The van der Waals surface area contributed by atoms with Crippen LogP contribution in [0.1, 0.15) is 34.2 Å². The lowest BCUT2D eigenvalue weighted by Gasteiger charge is -2.15. The van der Waals surface area contributed by atoms with Crippen LogP contribution in [-0.4, -0.2) is 47.3 Å². The fourth-order valence-electron chi connectivity index (χ4n) is 3.03. The van der Waals surface area contributed by atoms with Gasteiger partial charge in [-0.1, -0.05) is 0 Å². The molecule has 0 aliphatic carbocycles. The van der Waals surface area contributed by atoms with E-state index >= 15 is 0 Å². The van der Waals surface area contributed by atoms with E-state index in [9.17, 15) is 13.2 Å². The second-order valence-corrected chi connectivity index (χ2v) is 7.86. The lowest BCUT2D eigenvalue weighted by Crippen LogP contribution is -2.25. The first-order valence-electron chi connectivity index (χ1n) is 8.84. The number of sulfonamides is 1. The van der Waals surface area contributed by atoms with Crippen LogP contribution in [0.2, 0.25) is 0 Å². The van der Waals surface area contributed by atoms with Crippen molar-refractivity contribution in [3.8, 4) is 17.2 Å². The van der Waals surface area contributed by atoms with E-state index in [2.05, 4.69) is 9.71 Å². The Hall–Kier alpha value is -2.72. The Morgan fingerprint density at radius 1 is 1.03 bits per heavy atom. The van der Waals surface area contributed by atoms with Crippen LogP contribution in [0.4, 0.5) is 0 Å². The quantitative estimate of drug-likeness (QED) is 0.591. The Balaban J connectivity index is 2.38. The predicted octanol–water partition coefficient (Wildman–Crippen LogP) is 2.31. The molecule has 1 heterocycles. The zero-order chi connectivity index (χ0) is 21.8. The van der Waals surface area contributed by atoms with Crippen LogP contribution < -0.4 is 18.9 Å². The molecular formula is C19H26N2O7S. The average Bonchev–Trinajstić information content (AvgIpc) is 3.00. The Morgan fingerprint density at radius 3 is 2.10 bits per heavy atom. The van der Waals surface area contributed by atoms with Crippen LogP contribution in [0.3, 0.4) is 0 Å². The summed E-state index contributed by atoms with van der Waals surface area (Å²) < 4.78 is 49.3. The van der Waals surface area contributed by atoms with Gasteiger partial charge in [-0.3, -0.25) is 0 Å². The van der Waals surface area contributed by atoms with E-state index in [4.69, 9.17) is 18.9 Å². The van der Waals surface area contributed by atoms with Gasteiger partial charge in [0.05, 0.1) is 27.9 Å². The smallest absolute Gasteiger partial charge is 0.341 e. The summed E-state index contributed by atoms with van der Waals surface area (Å²) >= 11 is 0. The number of aryl methyl sites for hydroxylation is 2. The van der Waals surface area contributed by atoms with Crippen LogP contribution in [0.25, 0.3) is 0 Å². The number of hydrogen-bond donors (Lipinski definition) is 2. The summed E-state index contributed by atoms with van der Waals surface area (Å²) in [6.45, 7) is 4.96. The molecule has 0 saturated heterocycles. The highest BCUT2D eigenvalue weighted by molar-refractivity contribution is 7.89. The number of ether oxygens (including phenoxy) is 4. The number of H-pyrrole nitrogens is 1. The molecule has 0 saturated carbocycles. The number of aromatic amines is 1. The Morgan fingerprint density at radius 2 is 1.62 bits per heavy atom. The maximum Gasteiger partial charge on any atom is 0.341 e. The van der Waals surface area contributed by atoms with E-state index in [1.807, 2.05) is 0 Å². The molecule has 9 nitrogen and oxygen atoms in total. The highest BCUT2D eigenvalue weighted by Crippen LogP contribution is 2.38. The Bertz CT molecular complexity index is 971. The first kappa shape index (κ1) is 22.6. The summed E-state index contributed by atoms with van der Waals surface area (Å²) in [5.41, 5.74) is 1.37. The first-order valence-corrected chi connectivity index (χ1v) is 10.3. The van der Waals surface area contributed by atoms with Crippen molar-refractivity contribution in [3.05, 3.63) is 34.6 Å². The number of benzene rings is 1. The van der Waals surface area contributed by atoms with E-state index in [-0.39, 0.29) is 23.6 Å². The maximum atomic E-state index is 13.0. The van der Waals surface area contributed by atoms with Gasteiger partial charge in [0.1, 0.15) is 10.5 Å². The number of aromatic nitrogens is 1. The predicted molar refractivity (Wildman–Crippen MR) is 106 cm³/mol. The molecule has 0 fully saturated rings. The fraction of sp³-hybridized carbons (Fsp3) is 0.421.